The molecule has 2 atom stereocenters. The van der Waals surface area contributed by atoms with Gasteiger partial charge < -0.3 is 10.2 Å². The van der Waals surface area contributed by atoms with Crippen molar-refractivity contribution in [1.29, 1.82) is 0 Å². The van der Waals surface area contributed by atoms with Crippen LogP contribution in [0.4, 0.5) is 5.69 Å². The van der Waals surface area contributed by atoms with E-state index in [1.54, 1.807) is 0 Å². The number of benzene rings is 1. The van der Waals surface area contributed by atoms with E-state index >= 15 is 0 Å². The van der Waals surface area contributed by atoms with E-state index in [-0.39, 0.29) is 0 Å². The average molecular weight is 313 g/mol. The van der Waals surface area contributed by atoms with E-state index in [9.17, 15) is 0 Å². The topological polar surface area (TPSA) is 18.5 Å². The Morgan fingerprint density at radius 3 is 2.35 bits per heavy atom. The monoisotopic (exact) mass is 313 g/mol. The van der Waals surface area contributed by atoms with Crippen molar-refractivity contribution in [3.8, 4) is 0 Å². The lowest BCUT2D eigenvalue weighted by molar-refractivity contribution is 0.0283. The van der Waals surface area contributed by atoms with Crippen LogP contribution in [0.3, 0.4) is 0 Å². The first-order valence-electron chi connectivity index (χ1n) is 9.49. The maximum atomic E-state index is 3.67. The summed E-state index contributed by atoms with van der Waals surface area (Å²) in [6.07, 6.45) is 4.33. The zero-order valence-electron chi connectivity index (χ0n) is 14.7. The lowest BCUT2D eigenvalue weighted by Crippen LogP contribution is -2.61. The Balaban J connectivity index is 1.44. The smallest absolute Gasteiger partial charge is 0.0399 e. The van der Waals surface area contributed by atoms with E-state index in [4.69, 9.17) is 0 Å². The molecule has 1 aliphatic carbocycles. The molecule has 3 nitrogen and oxygen atoms in total. The van der Waals surface area contributed by atoms with E-state index in [1.165, 1.54) is 75.3 Å². The van der Waals surface area contributed by atoms with Gasteiger partial charge in [0.25, 0.3) is 0 Å². The van der Waals surface area contributed by atoms with Crippen LogP contribution in [0.5, 0.6) is 0 Å². The van der Waals surface area contributed by atoms with Crippen LogP contribution >= 0.6 is 0 Å². The molecule has 2 saturated heterocycles. The highest BCUT2D eigenvalue weighted by Gasteiger charge is 2.40. The summed E-state index contributed by atoms with van der Waals surface area (Å²) in [6.45, 7) is 11.8. The Kier molecular flexibility index (Phi) is 4.33. The first-order chi connectivity index (χ1) is 11.2. The summed E-state index contributed by atoms with van der Waals surface area (Å²) in [4.78, 5) is 5.44. The molecule has 0 aromatic heterocycles. The zero-order chi connectivity index (χ0) is 15.8. The quantitative estimate of drug-likeness (QED) is 0.906. The van der Waals surface area contributed by atoms with Crippen LogP contribution in [0.1, 0.15) is 30.4 Å². The van der Waals surface area contributed by atoms with Gasteiger partial charge in [0.05, 0.1) is 0 Å². The molecule has 23 heavy (non-hydrogen) atoms. The number of piperidine rings is 1. The van der Waals surface area contributed by atoms with E-state index < -0.39 is 0 Å². The molecule has 4 rings (SSSR count). The van der Waals surface area contributed by atoms with Gasteiger partial charge in [0.15, 0.2) is 0 Å². The van der Waals surface area contributed by atoms with Gasteiger partial charge in [-0.15, -0.1) is 0 Å². The van der Waals surface area contributed by atoms with Gasteiger partial charge in [-0.3, -0.25) is 4.90 Å². The van der Waals surface area contributed by atoms with Crippen molar-refractivity contribution >= 4 is 5.69 Å². The molecular formula is C20H31N3. The number of rotatable bonds is 2. The van der Waals surface area contributed by atoms with Gasteiger partial charge >= 0.3 is 0 Å². The van der Waals surface area contributed by atoms with Gasteiger partial charge in [-0.1, -0.05) is 18.6 Å². The van der Waals surface area contributed by atoms with Crippen molar-refractivity contribution in [2.45, 2.75) is 39.2 Å². The Hall–Kier alpha value is -1.06. The van der Waals surface area contributed by atoms with Crippen LogP contribution in [0.25, 0.3) is 0 Å². The molecule has 1 aromatic rings. The molecule has 2 aliphatic heterocycles. The molecule has 2 heterocycles. The van der Waals surface area contributed by atoms with Crippen molar-refractivity contribution < 1.29 is 0 Å². The van der Waals surface area contributed by atoms with Gasteiger partial charge in [-0.05, 0) is 68.8 Å². The zero-order valence-corrected chi connectivity index (χ0v) is 14.7. The molecule has 3 fully saturated rings. The normalized spacial score (nSPS) is 32.1. The van der Waals surface area contributed by atoms with Gasteiger partial charge in [-0.25, -0.2) is 0 Å². The third-order valence-electron chi connectivity index (χ3n) is 6.37. The number of aryl methyl sites for hydroxylation is 2. The Bertz CT molecular complexity index is 526. The SMILES string of the molecule is Cc1ccc(C)c(N2CCN(C3C4CCCC3CNC4)CC2)c1. The van der Waals surface area contributed by atoms with Gasteiger partial charge in [0.1, 0.15) is 0 Å². The first-order valence-corrected chi connectivity index (χ1v) is 9.49. The van der Waals surface area contributed by atoms with Crippen molar-refractivity contribution in [2.24, 2.45) is 11.8 Å². The molecule has 1 N–H and O–H groups in total. The lowest BCUT2D eigenvalue weighted by Gasteiger charge is -2.51. The standard InChI is InChI=1S/C20H31N3/c1-15-6-7-16(2)19(12-15)22-8-10-23(11-9-22)20-17-4-3-5-18(20)14-21-13-17/h6-7,12,17-18,20-21H,3-5,8-11,13-14H2,1-2H3. The average Bonchev–Trinajstić information content (AvgIpc) is 2.56. The van der Waals surface area contributed by atoms with Crippen molar-refractivity contribution in [3.63, 3.8) is 0 Å². The first kappa shape index (κ1) is 15.5. The minimum absolute atomic E-state index is 0.853. The van der Waals surface area contributed by atoms with Crippen LogP contribution in [-0.2, 0) is 0 Å². The third-order valence-corrected chi connectivity index (χ3v) is 6.37. The molecule has 2 bridgehead atoms. The number of nitrogens with zero attached hydrogens (tertiary/aromatic N) is 2. The molecule has 3 aliphatic rings. The molecule has 2 unspecified atom stereocenters. The number of hydrogen-bond donors (Lipinski definition) is 1. The van der Waals surface area contributed by atoms with Crippen LogP contribution in [-0.4, -0.2) is 50.2 Å². The van der Waals surface area contributed by atoms with Crippen LogP contribution in [0.2, 0.25) is 0 Å². The molecule has 0 radical (unpaired) electrons. The molecule has 0 amide bonds. The predicted molar refractivity (Wildman–Crippen MR) is 97.2 cm³/mol. The predicted octanol–water partition coefficient (Wildman–Crippen LogP) is 2.81. The second kappa shape index (κ2) is 6.45. The second-order valence-corrected chi connectivity index (χ2v) is 7.91. The minimum Gasteiger partial charge on any atom is -0.369 e. The summed E-state index contributed by atoms with van der Waals surface area (Å²) in [5.41, 5.74) is 4.25. The fourth-order valence-corrected chi connectivity index (χ4v) is 5.19. The summed E-state index contributed by atoms with van der Waals surface area (Å²) in [7, 11) is 0. The number of piperazine rings is 1. The summed E-state index contributed by atoms with van der Waals surface area (Å²) < 4.78 is 0. The highest BCUT2D eigenvalue weighted by atomic mass is 15.3. The van der Waals surface area contributed by atoms with Gasteiger partial charge in [0, 0.05) is 37.9 Å². The maximum absolute atomic E-state index is 3.67. The summed E-state index contributed by atoms with van der Waals surface area (Å²) in [5.74, 6) is 1.80. The molecule has 1 saturated carbocycles. The summed E-state index contributed by atoms with van der Waals surface area (Å²) >= 11 is 0. The van der Waals surface area contributed by atoms with E-state index in [0.29, 0.717) is 0 Å². The third kappa shape index (κ3) is 3.01. The highest BCUT2D eigenvalue weighted by Crippen LogP contribution is 2.36. The van der Waals surface area contributed by atoms with Crippen molar-refractivity contribution in [1.82, 2.24) is 10.2 Å². The minimum atomic E-state index is 0.853. The van der Waals surface area contributed by atoms with Crippen LogP contribution in [0.15, 0.2) is 18.2 Å². The van der Waals surface area contributed by atoms with Crippen LogP contribution < -0.4 is 10.2 Å². The Labute approximate surface area is 141 Å². The number of nitrogens with one attached hydrogen (secondary N) is 1. The summed E-state index contributed by atoms with van der Waals surface area (Å²) in [5, 5.41) is 3.67. The van der Waals surface area contributed by atoms with E-state index in [2.05, 4.69) is 47.2 Å². The fourth-order valence-electron chi connectivity index (χ4n) is 5.19. The summed E-state index contributed by atoms with van der Waals surface area (Å²) in [6, 6.07) is 7.72. The van der Waals surface area contributed by atoms with Crippen molar-refractivity contribution in [2.75, 3.05) is 44.2 Å². The highest BCUT2D eigenvalue weighted by molar-refractivity contribution is 5.55. The van der Waals surface area contributed by atoms with E-state index in [0.717, 1.165) is 17.9 Å². The molecule has 126 valence electrons. The molecular weight excluding hydrogens is 282 g/mol. The number of hydrogen-bond acceptors (Lipinski definition) is 3. The van der Waals surface area contributed by atoms with Crippen molar-refractivity contribution in [3.05, 3.63) is 29.3 Å². The lowest BCUT2D eigenvalue weighted by atomic mass is 9.73. The maximum Gasteiger partial charge on any atom is 0.0399 e. The Morgan fingerprint density at radius 1 is 0.957 bits per heavy atom. The molecule has 1 aromatic carbocycles. The van der Waals surface area contributed by atoms with Gasteiger partial charge in [-0.2, -0.15) is 0 Å². The second-order valence-electron chi connectivity index (χ2n) is 7.91. The van der Waals surface area contributed by atoms with Crippen LogP contribution in [0, 0.1) is 25.7 Å². The number of anilines is 1. The fraction of sp³-hybridized carbons (Fsp3) is 0.700. The Morgan fingerprint density at radius 2 is 1.65 bits per heavy atom. The largest absolute Gasteiger partial charge is 0.369 e. The number of fused-ring (bicyclic) bond motifs is 2. The van der Waals surface area contributed by atoms with Gasteiger partial charge in [0.2, 0.25) is 0 Å². The van der Waals surface area contributed by atoms with E-state index in [1.807, 2.05) is 0 Å². The molecule has 3 heteroatoms. The molecule has 0 spiro atoms.